The van der Waals surface area contributed by atoms with Crippen molar-refractivity contribution in [2.45, 2.75) is 26.6 Å². The Bertz CT molecular complexity index is 1790. The molecule has 0 unspecified atom stereocenters. The van der Waals surface area contributed by atoms with Crippen molar-refractivity contribution >= 4 is 22.4 Å². The predicted octanol–water partition coefficient (Wildman–Crippen LogP) is 6.80. The summed E-state index contributed by atoms with van der Waals surface area (Å²) in [5, 5.41) is 21.4. The number of anilines is 1. The van der Waals surface area contributed by atoms with Gasteiger partial charge in [0.05, 0.1) is 24.4 Å². The third-order valence-corrected chi connectivity index (χ3v) is 7.33. The van der Waals surface area contributed by atoms with E-state index in [2.05, 4.69) is 76.6 Å². The van der Waals surface area contributed by atoms with Gasteiger partial charge >= 0.3 is 0 Å². The standard InChI is InChI=1S/C37H36N4O3/c1-26(42)40-18-17-39-24-33-20-28(13-16-36(33)44-25-29-8-5-7-27(19-29)22-38)23-41-35-12-6-11-34(37(35)43-2)32-15-14-30-9-3-4-10-31(30)21-32/h3-16,19-21,39,41H,17-18,23-25H2,1-2H3,(H,40,42). The highest BCUT2D eigenvalue weighted by molar-refractivity contribution is 5.89. The molecular formula is C37H36N4O3. The predicted molar refractivity (Wildman–Crippen MR) is 176 cm³/mol. The lowest BCUT2D eigenvalue weighted by atomic mass is 10.00. The van der Waals surface area contributed by atoms with Gasteiger partial charge in [0, 0.05) is 44.2 Å². The number of carbonyl (C=O) groups excluding carboxylic acids is 1. The second-order valence-electron chi connectivity index (χ2n) is 10.5. The monoisotopic (exact) mass is 584 g/mol. The zero-order valence-corrected chi connectivity index (χ0v) is 25.0. The molecule has 0 aliphatic heterocycles. The van der Waals surface area contributed by atoms with E-state index in [9.17, 15) is 10.1 Å². The van der Waals surface area contributed by atoms with Crippen LogP contribution in [0.4, 0.5) is 5.69 Å². The molecule has 0 atom stereocenters. The van der Waals surface area contributed by atoms with Crippen LogP contribution in [0.3, 0.4) is 0 Å². The number of hydrogen-bond acceptors (Lipinski definition) is 6. The molecular weight excluding hydrogens is 548 g/mol. The Morgan fingerprint density at radius 1 is 0.818 bits per heavy atom. The lowest BCUT2D eigenvalue weighted by Crippen LogP contribution is -2.30. The van der Waals surface area contributed by atoms with E-state index in [-0.39, 0.29) is 5.91 Å². The van der Waals surface area contributed by atoms with E-state index in [0.29, 0.717) is 38.3 Å². The summed E-state index contributed by atoms with van der Waals surface area (Å²) in [7, 11) is 1.70. The summed E-state index contributed by atoms with van der Waals surface area (Å²) in [5.41, 5.74) is 6.65. The summed E-state index contributed by atoms with van der Waals surface area (Å²) in [5.74, 6) is 1.50. The maximum atomic E-state index is 11.2. The fourth-order valence-electron chi connectivity index (χ4n) is 5.14. The first kappa shape index (κ1) is 30.1. The average Bonchev–Trinajstić information content (AvgIpc) is 3.06. The van der Waals surface area contributed by atoms with Gasteiger partial charge in [-0.2, -0.15) is 5.26 Å². The van der Waals surface area contributed by atoms with Gasteiger partial charge in [0.25, 0.3) is 0 Å². The maximum Gasteiger partial charge on any atom is 0.216 e. The smallest absolute Gasteiger partial charge is 0.216 e. The van der Waals surface area contributed by atoms with Crippen LogP contribution in [0, 0.1) is 11.3 Å². The van der Waals surface area contributed by atoms with E-state index >= 15 is 0 Å². The minimum Gasteiger partial charge on any atom is -0.494 e. The van der Waals surface area contributed by atoms with Gasteiger partial charge in [-0.05, 0) is 63.9 Å². The van der Waals surface area contributed by atoms with Crippen molar-refractivity contribution in [1.82, 2.24) is 10.6 Å². The van der Waals surface area contributed by atoms with Crippen LogP contribution in [0.25, 0.3) is 21.9 Å². The number of amides is 1. The van der Waals surface area contributed by atoms with Crippen LogP contribution in [0.1, 0.15) is 29.2 Å². The van der Waals surface area contributed by atoms with E-state index in [4.69, 9.17) is 9.47 Å². The topological polar surface area (TPSA) is 95.4 Å². The molecule has 7 nitrogen and oxygen atoms in total. The van der Waals surface area contributed by atoms with Crippen LogP contribution in [-0.2, 0) is 24.5 Å². The number of benzene rings is 5. The fourth-order valence-corrected chi connectivity index (χ4v) is 5.14. The van der Waals surface area contributed by atoms with Crippen LogP contribution in [0.5, 0.6) is 11.5 Å². The molecule has 7 heteroatoms. The lowest BCUT2D eigenvalue weighted by molar-refractivity contribution is -0.118. The number of carbonyl (C=O) groups is 1. The lowest BCUT2D eigenvalue weighted by Gasteiger charge is -2.17. The van der Waals surface area contributed by atoms with Crippen molar-refractivity contribution in [1.29, 1.82) is 5.26 Å². The molecule has 222 valence electrons. The van der Waals surface area contributed by atoms with E-state index < -0.39 is 0 Å². The highest BCUT2D eigenvalue weighted by Gasteiger charge is 2.13. The molecule has 5 aromatic carbocycles. The zero-order valence-electron chi connectivity index (χ0n) is 25.0. The second kappa shape index (κ2) is 14.7. The Hall–Kier alpha value is -5.32. The SMILES string of the molecule is COc1c(NCc2ccc(OCc3cccc(C#N)c3)c(CNCCNC(C)=O)c2)cccc1-c1ccc2ccccc2c1. The molecule has 0 saturated carbocycles. The van der Waals surface area contributed by atoms with Gasteiger partial charge in [-0.25, -0.2) is 0 Å². The van der Waals surface area contributed by atoms with Crippen molar-refractivity contribution in [2.24, 2.45) is 0 Å². The molecule has 0 aliphatic rings. The number of methoxy groups -OCH3 is 1. The number of para-hydroxylation sites is 1. The number of nitrogens with zero attached hydrogens (tertiary/aromatic N) is 1. The normalized spacial score (nSPS) is 10.7. The van der Waals surface area contributed by atoms with Gasteiger partial charge in [-0.15, -0.1) is 0 Å². The Kier molecular flexibility index (Phi) is 10.1. The summed E-state index contributed by atoms with van der Waals surface area (Å²) in [6, 6.07) is 36.7. The van der Waals surface area contributed by atoms with Crippen molar-refractivity contribution in [3.05, 3.63) is 125 Å². The van der Waals surface area contributed by atoms with Crippen molar-refractivity contribution < 1.29 is 14.3 Å². The molecule has 44 heavy (non-hydrogen) atoms. The molecule has 0 radical (unpaired) electrons. The third kappa shape index (κ3) is 7.74. The number of nitriles is 1. The molecule has 0 heterocycles. The molecule has 0 aliphatic carbocycles. The molecule has 0 bridgehead atoms. The average molecular weight is 585 g/mol. The summed E-state index contributed by atoms with van der Waals surface area (Å²) >= 11 is 0. The molecule has 0 spiro atoms. The maximum absolute atomic E-state index is 11.2. The molecule has 3 N–H and O–H groups in total. The number of ether oxygens (including phenoxy) is 2. The summed E-state index contributed by atoms with van der Waals surface area (Å²) < 4.78 is 12.1. The van der Waals surface area contributed by atoms with Crippen molar-refractivity contribution in [2.75, 3.05) is 25.5 Å². The first-order chi connectivity index (χ1) is 21.5. The quantitative estimate of drug-likeness (QED) is 0.132. The minimum atomic E-state index is -0.0522. The molecule has 0 fully saturated rings. The molecule has 1 amide bonds. The molecule has 0 saturated heterocycles. The highest BCUT2D eigenvalue weighted by Crippen LogP contribution is 2.38. The van der Waals surface area contributed by atoms with E-state index in [0.717, 1.165) is 45.0 Å². The minimum absolute atomic E-state index is 0.0522. The number of fused-ring (bicyclic) bond motifs is 1. The zero-order chi connectivity index (χ0) is 30.7. The van der Waals surface area contributed by atoms with E-state index in [1.165, 1.54) is 17.7 Å². The van der Waals surface area contributed by atoms with Crippen LogP contribution >= 0.6 is 0 Å². The van der Waals surface area contributed by atoms with E-state index in [1.54, 1.807) is 13.2 Å². The summed E-state index contributed by atoms with van der Waals surface area (Å²) in [4.78, 5) is 11.2. The Morgan fingerprint density at radius 3 is 2.48 bits per heavy atom. The third-order valence-electron chi connectivity index (χ3n) is 7.33. The second-order valence-corrected chi connectivity index (χ2v) is 10.5. The number of hydrogen-bond donors (Lipinski definition) is 3. The Balaban J connectivity index is 1.33. The molecule has 5 rings (SSSR count). The fraction of sp³-hybridized carbons (Fsp3) is 0.189. The summed E-state index contributed by atoms with van der Waals surface area (Å²) in [6.07, 6.45) is 0. The van der Waals surface area contributed by atoms with Crippen molar-refractivity contribution in [3.8, 4) is 28.7 Å². The van der Waals surface area contributed by atoms with Crippen LogP contribution in [0.15, 0.2) is 103 Å². The Morgan fingerprint density at radius 2 is 1.66 bits per heavy atom. The first-order valence-corrected chi connectivity index (χ1v) is 14.6. The van der Waals surface area contributed by atoms with Gasteiger partial charge in [0.2, 0.25) is 5.91 Å². The first-order valence-electron chi connectivity index (χ1n) is 14.6. The van der Waals surface area contributed by atoms with Crippen LogP contribution < -0.4 is 25.4 Å². The summed E-state index contributed by atoms with van der Waals surface area (Å²) in [6.45, 7) is 4.19. The number of nitrogens with one attached hydrogen (secondary N) is 3. The van der Waals surface area contributed by atoms with Gasteiger partial charge in [0.15, 0.2) is 0 Å². The highest BCUT2D eigenvalue weighted by atomic mass is 16.5. The van der Waals surface area contributed by atoms with Gasteiger partial charge in [0.1, 0.15) is 18.1 Å². The van der Waals surface area contributed by atoms with E-state index in [1.807, 2.05) is 42.5 Å². The van der Waals surface area contributed by atoms with Gasteiger partial charge in [-0.1, -0.05) is 66.7 Å². The van der Waals surface area contributed by atoms with Crippen molar-refractivity contribution in [3.63, 3.8) is 0 Å². The molecule has 5 aromatic rings. The van der Waals surface area contributed by atoms with Crippen LogP contribution in [0.2, 0.25) is 0 Å². The van der Waals surface area contributed by atoms with Crippen LogP contribution in [-0.4, -0.2) is 26.1 Å². The Labute approximate surface area is 258 Å². The molecule has 0 aromatic heterocycles. The number of rotatable bonds is 13. The van der Waals surface area contributed by atoms with Gasteiger partial charge < -0.3 is 25.4 Å². The van der Waals surface area contributed by atoms with Gasteiger partial charge in [-0.3, -0.25) is 4.79 Å². The largest absolute Gasteiger partial charge is 0.494 e.